The van der Waals surface area contributed by atoms with Gasteiger partial charge in [-0.25, -0.2) is 0 Å². The summed E-state index contributed by atoms with van der Waals surface area (Å²) in [5.41, 5.74) is 5.10. The van der Waals surface area contributed by atoms with E-state index < -0.39 is 0 Å². The van der Waals surface area contributed by atoms with Crippen LogP contribution in [0.25, 0.3) is 5.69 Å². The third-order valence-electron chi connectivity index (χ3n) is 5.67. The van der Waals surface area contributed by atoms with Crippen LogP contribution in [0.5, 0.6) is 5.75 Å². The summed E-state index contributed by atoms with van der Waals surface area (Å²) in [5, 5.41) is 3.26. The zero-order valence-corrected chi connectivity index (χ0v) is 18.3. The SMILES string of the molecule is COc1cccc(-n2c(C)cc(C(=O)NC3CCN(CC=C(C)C)CC3)c2C)c1. The molecule has 1 aromatic heterocycles. The Balaban J connectivity index is 1.67. The number of carbonyl (C=O) groups excluding carboxylic acids is 1. The summed E-state index contributed by atoms with van der Waals surface area (Å²) in [7, 11) is 1.67. The normalized spacial score (nSPS) is 15.2. The van der Waals surface area contributed by atoms with Gasteiger partial charge < -0.3 is 14.6 Å². The van der Waals surface area contributed by atoms with Crippen molar-refractivity contribution in [1.82, 2.24) is 14.8 Å². The molecule has 1 aliphatic rings. The van der Waals surface area contributed by atoms with Crippen molar-refractivity contribution in [3.63, 3.8) is 0 Å². The van der Waals surface area contributed by atoms with Crippen LogP contribution in [0.4, 0.5) is 0 Å². The molecule has 0 atom stereocenters. The molecule has 2 aromatic rings. The molecule has 5 heteroatoms. The van der Waals surface area contributed by atoms with Crippen LogP contribution in [0, 0.1) is 13.8 Å². The Kier molecular flexibility index (Phi) is 6.80. The molecule has 29 heavy (non-hydrogen) atoms. The van der Waals surface area contributed by atoms with Crippen LogP contribution in [0.15, 0.2) is 42.0 Å². The lowest BCUT2D eigenvalue weighted by atomic mass is 10.0. The van der Waals surface area contributed by atoms with Crippen molar-refractivity contribution in [1.29, 1.82) is 0 Å². The highest BCUT2D eigenvalue weighted by Crippen LogP contribution is 2.24. The topological polar surface area (TPSA) is 46.5 Å². The van der Waals surface area contributed by atoms with Gasteiger partial charge in [0.1, 0.15) is 5.75 Å². The highest BCUT2D eigenvalue weighted by molar-refractivity contribution is 5.96. The fraction of sp³-hybridized carbons (Fsp3) is 0.458. The lowest BCUT2D eigenvalue weighted by Gasteiger charge is -2.31. The number of methoxy groups -OCH3 is 1. The first-order valence-corrected chi connectivity index (χ1v) is 10.4. The predicted octanol–water partition coefficient (Wildman–Crippen LogP) is 4.26. The number of amides is 1. The molecule has 2 heterocycles. The minimum absolute atomic E-state index is 0.0231. The van der Waals surface area contributed by atoms with Crippen LogP contribution in [-0.2, 0) is 0 Å². The Hall–Kier alpha value is -2.53. The van der Waals surface area contributed by atoms with E-state index in [0.29, 0.717) is 0 Å². The molecule has 5 nitrogen and oxygen atoms in total. The Morgan fingerprint density at radius 2 is 1.93 bits per heavy atom. The van der Waals surface area contributed by atoms with E-state index in [0.717, 1.165) is 60.9 Å². The number of likely N-dealkylation sites (tertiary alicyclic amines) is 1. The maximum atomic E-state index is 13.0. The molecule has 0 spiro atoms. The van der Waals surface area contributed by atoms with E-state index >= 15 is 0 Å². The number of nitrogens with one attached hydrogen (secondary N) is 1. The zero-order chi connectivity index (χ0) is 21.0. The zero-order valence-electron chi connectivity index (χ0n) is 18.3. The molecular formula is C24H33N3O2. The second-order valence-corrected chi connectivity index (χ2v) is 8.15. The van der Waals surface area contributed by atoms with Gasteiger partial charge in [-0.2, -0.15) is 0 Å². The lowest BCUT2D eigenvalue weighted by Crippen LogP contribution is -2.44. The van der Waals surface area contributed by atoms with Gasteiger partial charge in [0.25, 0.3) is 5.91 Å². The Morgan fingerprint density at radius 1 is 1.21 bits per heavy atom. The van der Waals surface area contributed by atoms with E-state index in [2.05, 4.69) is 34.7 Å². The Labute approximate surface area is 174 Å². The molecule has 0 unspecified atom stereocenters. The number of rotatable bonds is 6. The van der Waals surface area contributed by atoms with E-state index in [1.54, 1.807) is 7.11 Å². The van der Waals surface area contributed by atoms with Gasteiger partial charge in [0.2, 0.25) is 0 Å². The smallest absolute Gasteiger partial charge is 0.253 e. The van der Waals surface area contributed by atoms with Gasteiger partial charge >= 0.3 is 0 Å². The predicted molar refractivity (Wildman–Crippen MR) is 118 cm³/mol. The number of aryl methyl sites for hydroxylation is 1. The Morgan fingerprint density at radius 3 is 2.59 bits per heavy atom. The summed E-state index contributed by atoms with van der Waals surface area (Å²) in [4.78, 5) is 15.4. The average Bonchev–Trinajstić information content (AvgIpc) is 3.01. The van der Waals surface area contributed by atoms with Crippen LogP contribution in [0.1, 0.15) is 48.4 Å². The molecule has 1 N–H and O–H groups in total. The van der Waals surface area contributed by atoms with Crippen molar-refractivity contribution in [2.45, 2.75) is 46.6 Å². The lowest BCUT2D eigenvalue weighted by molar-refractivity contribution is 0.0913. The summed E-state index contributed by atoms with van der Waals surface area (Å²) in [5.74, 6) is 0.830. The standard InChI is InChI=1S/C24H33N3O2/c1-17(2)9-12-26-13-10-20(11-14-26)25-24(28)23-15-18(3)27(19(23)4)21-7-6-8-22(16-21)29-5/h6-9,15-16,20H,10-14H2,1-5H3,(H,25,28). The molecule has 0 bridgehead atoms. The van der Waals surface area contributed by atoms with E-state index in [4.69, 9.17) is 4.74 Å². The summed E-state index contributed by atoms with van der Waals surface area (Å²) >= 11 is 0. The van der Waals surface area contributed by atoms with Gasteiger partial charge in [0.15, 0.2) is 0 Å². The first kappa shape index (κ1) is 21.2. The molecule has 1 aliphatic heterocycles. The number of hydrogen-bond acceptors (Lipinski definition) is 3. The number of hydrogen-bond donors (Lipinski definition) is 1. The summed E-state index contributed by atoms with van der Waals surface area (Å²) < 4.78 is 7.46. The van der Waals surface area contributed by atoms with Crippen molar-refractivity contribution < 1.29 is 9.53 Å². The molecule has 3 rings (SSSR count). The molecule has 1 amide bonds. The number of benzene rings is 1. The van der Waals surface area contributed by atoms with Crippen LogP contribution < -0.4 is 10.1 Å². The number of ether oxygens (including phenoxy) is 1. The van der Waals surface area contributed by atoms with Gasteiger partial charge in [0.05, 0.1) is 12.7 Å². The molecule has 156 valence electrons. The second-order valence-electron chi connectivity index (χ2n) is 8.15. The molecule has 1 aromatic carbocycles. The molecular weight excluding hydrogens is 362 g/mol. The average molecular weight is 396 g/mol. The fourth-order valence-electron chi connectivity index (χ4n) is 3.97. The molecule has 0 saturated carbocycles. The monoisotopic (exact) mass is 395 g/mol. The maximum Gasteiger partial charge on any atom is 0.253 e. The van der Waals surface area contributed by atoms with E-state index in [1.165, 1.54) is 5.57 Å². The molecule has 1 fully saturated rings. The third-order valence-corrected chi connectivity index (χ3v) is 5.67. The van der Waals surface area contributed by atoms with E-state index in [-0.39, 0.29) is 11.9 Å². The minimum Gasteiger partial charge on any atom is -0.497 e. The number of aromatic nitrogens is 1. The summed E-state index contributed by atoms with van der Waals surface area (Å²) in [6.07, 6.45) is 4.26. The van der Waals surface area contributed by atoms with Gasteiger partial charge in [-0.3, -0.25) is 9.69 Å². The summed E-state index contributed by atoms with van der Waals surface area (Å²) in [6, 6.07) is 10.1. The van der Waals surface area contributed by atoms with Gasteiger partial charge in [-0.15, -0.1) is 0 Å². The summed E-state index contributed by atoms with van der Waals surface area (Å²) in [6.45, 7) is 11.4. The Bertz CT molecular complexity index is 886. The molecule has 0 aliphatic carbocycles. The van der Waals surface area contributed by atoms with Crippen molar-refractivity contribution in [3.05, 3.63) is 58.9 Å². The first-order valence-electron chi connectivity index (χ1n) is 10.4. The van der Waals surface area contributed by atoms with Crippen LogP contribution in [-0.4, -0.2) is 48.2 Å². The fourth-order valence-corrected chi connectivity index (χ4v) is 3.97. The number of nitrogens with zero attached hydrogens (tertiary/aromatic N) is 2. The maximum absolute atomic E-state index is 13.0. The molecule has 0 radical (unpaired) electrons. The number of allylic oxidation sites excluding steroid dienone is 1. The third kappa shape index (κ3) is 5.10. The van der Waals surface area contributed by atoms with Gasteiger partial charge in [-0.05, 0) is 58.7 Å². The van der Waals surface area contributed by atoms with Crippen LogP contribution in [0.2, 0.25) is 0 Å². The van der Waals surface area contributed by atoms with Gasteiger partial charge in [-0.1, -0.05) is 17.7 Å². The highest BCUT2D eigenvalue weighted by Gasteiger charge is 2.23. The quantitative estimate of drug-likeness (QED) is 0.744. The van der Waals surface area contributed by atoms with Crippen molar-refractivity contribution in [2.24, 2.45) is 0 Å². The van der Waals surface area contributed by atoms with Crippen molar-refractivity contribution in [2.75, 3.05) is 26.7 Å². The second kappa shape index (κ2) is 9.31. The van der Waals surface area contributed by atoms with Crippen molar-refractivity contribution in [3.8, 4) is 11.4 Å². The van der Waals surface area contributed by atoms with Crippen molar-refractivity contribution >= 4 is 5.91 Å². The van der Waals surface area contributed by atoms with E-state index in [1.807, 2.05) is 44.2 Å². The number of carbonyl (C=O) groups is 1. The van der Waals surface area contributed by atoms with Gasteiger partial charge in [0, 0.05) is 48.8 Å². The highest BCUT2D eigenvalue weighted by atomic mass is 16.5. The largest absolute Gasteiger partial charge is 0.497 e. The number of piperidine rings is 1. The first-order chi connectivity index (χ1) is 13.9. The minimum atomic E-state index is 0.0231. The van der Waals surface area contributed by atoms with Crippen LogP contribution in [0.3, 0.4) is 0 Å². The van der Waals surface area contributed by atoms with Crippen LogP contribution >= 0.6 is 0 Å². The molecule has 1 saturated heterocycles. The van der Waals surface area contributed by atoms with E-state index in [9.17, 15) is 4.79 Å².